The summed E-state index contributed by atoms with van der Waals surface area (Å²) in [5, 5.41) is 13.0. The average Bonchev–Trinajstić information content (AvgIpc) is 2.69. The van der Waals surface area contributed by atoms with Gasteiger partial charge in [0.2, 0.25) is 0 Å². The van der Waals surface area contributed by atoms with Crippen LogP contribution < -0.4 is 5.32 Å². The molecule has 1 aliphatic heterocycles. The zero-order valence-corrected chi connectivity index (χ0v) is 10.1. The third-order valence-electron chi connectivity index (χ3n) is 2.91. The minimum atomic E-state index is -0.559. The number of halogens is 2. The molecule has 0 radical (unpaired) electrons. The van der Waals surface area contributed by atoms with Crippen molar-refractivity contribution in [2.75, 3.05) is 6.54 Å². The van der Waals surface area contributed by atoms with Crippen LogP contribution in [0.15, 0.2) is 10.5 Å². The van der Waals surface area contributed by atoms with Gasteiger partial charge in [-0.05, 0) is 37.9 Å². The predicted molar refractivity (Wildman–Crippen MR) is 60.5 cm³/mol. The van der Waals surface area contributed by atoms with Gasteiger partial charge in [0.25, 0.3) is 0 Å². The number of rotatable bonds is 1. The highest BCUT2D eigenvalue weighted by Gasteiger charge is 2.24. The number of phenolic OH excluding ortho intramolecular Hbond substituents is 1. The molecule has 0 saturated carbocycles. The summed E-state index contributed by atoms with van der Waals surface area (Å²) in [5.41, 5.74) is 1.60. The van der Waals surface area contributed by atoms with Crippen LogP contribution in [-0.4, -0.2) is 11.7 Å². The maximum atomic E-state index is 13.4. The second-order valence-corrected chi connectivity index (χ2v) is 4.73. The Balaban J connectivity index is 2.52. The Bertz CT molecular complexity index is 362. The summed E-state index contributed by atoms with van der Waals surface area (Å²) in [6.45, 7) is 2.82. The molecule has 1 heterocycles. The van der Waals surface area contributed by atoms with Gasteiger partial charge in [-0.3, -0.25) is 0 Å². The number of phenols is 1. The van der Waals surface area contributed by atoms with Crippen LogP contribution in [0.3, 0.4) is 0 Å². The Hall–Kier alpha value is -0.610. The van der Waals surface area contributed by atoms with E-state index in [0.29, 0.717) is 10.0 Å². The Morgan fingerprint density at radius 2 is 2.33 bits per heavy atom. The fourth-order valence-electron chi connectivity index (χ4n) is 2.08. The molecule has 1 aromatic rings. The zero-order valence-electron chi connectivity index (χ0n) is 8.48. The first kappa shape index (κ1) is 10.9. The van der Waals surface area contributed by atoms with Crippen molar-refractivity contribution >= 4 is 15.9 Å². The molecule has 2 nitrogen and oxygen atoms in total. The molecule has 0 aromatic heterocycles. The van der Waals surface area contributed by atoms with Crippen LogP contribution in [0, 0.1) is 12.7 Å². The van der Waals surface area contributed by atoms with Gasteiger partial charge in [0, 0.05) is 16.1 Å². The van der Waals surface area contributed by atoms with E-state index in [4.69, 9.17) is 0 Å². The van der Waals surface area contributed by atoms with Crippen LogP contribution in [-0.2, 0) is 0 Å². The van der Waals surface area contributed by atoms with Crippen LogP contribution in [0.25, 0.3) is 0 Å². The molecule has 0 spiro atoms. The summed E-state index contributed by atoms with van der Waals surface area (Å²) in [6.07, 6.45) is 2.02. The molecule has 1 atom stereocenters. The van der Waals surface area contributed by atoms with Crippen LogP contribution in [0.5, 0.6) is 5.75 Å². The monoisotopic (exact) mass is 273 g/mol. The maximum absolute atomic E-state index is 13.4. The summed E-state index contributed by atoms with van der Waals surface area (Å²) < 4.78 is 14.1. The van der Waals surface area contributed by atoms with Gasteiger partial charge in [-0.25, -0.2) is 4.39 Å². The molecule has 82 valence electrons. The number of aromatic hydroxyl groups is 1. The Morgan fingerprint density at radius 3 is 2.93 bits per heavy atom. The van der Waals surface area contributed by atoms with Gasteiger partial charge in [0.1, 0.15) is 0 Å². The molecule has 1 unspecified atom stereocenters. The SMILES string of the molecule is Cc1c(Br)cc(F)c(O)c1C1CCCN1. The first-order valence-corrected chi connectivity index (χ1v) is 5.81. The maximum Gasteiger partial charge on any atom is 0.166 e. The van der Waals surface area contributed by atoms with E-state index < -0.39 is 5.82 Å². The highest BCUT2D eigenvalue weighted by Crippen LogP contribution is 2.37. The molecule has 0 bridgehead atoms. The molecule has 2 rings (SSSR count). The predicted octanol–water partition coefficient (Wildman–Crippen LogP) is 3.03. The molecule has 1 saturated heterocycles. The molecule has 4 heteroatoms. The average molecular weight is 274 g/mol. The first-order chi connectivity index (χ1) is 7.11. The highest BCUT2D eigenvalue weighted by atomic mass is 79.9. The van der Waals surface area contributed by atoms with Crippen LogP contribution in [0.1, 0.15) is 30.0 Å². The molecule has 1 aromatic carbocycles. The molecule has 15 heavy (non-hydrogen) atoms. The normalized spacial score (nSPS) is 20.9. The fraction of sp³-hybridized carbons (Fsp3) is 0.455. The van der Waals surface area contributed by atoms with Gasteiger partial charge in [-0.1, -0.05) is 15.9 Å². The first-order valence-electron chi connectivity index (χ1n) is 5.02. The van der Waals surface area contributed by atoms with Crippen LogP contribution in [0.4, 0.5) is 4.39 Å². The second kappa shape index (κ2) is 4.10. The number of nitrogens with one attached hydrogen (secondary N) is 1. The van der Waals surface area contributed by atoms with Crippen molar-refractivity contribution in [1.29, 1.82) is 0 Å². The minimum Gasteiger partial charge on any atom is -0.505 e. The number of hydrogen-bond donors (Lipinski definition) is 2. The van der Waals surface area contributed by atoms with Crippen molar-refractivity contribution in [2.45, 2.75) is 25.8 Å². The molecule has 1 aliphatic rings. The summed E-state index contributed by atoms with van der Waals surface area (Å²) in [7, 11) is 0. The van der Waals surface area contributed by atoms with Crippen molar-refractivity contribution in [2.24, 2.45) is 0 Å². The number of hydrogen-bond acceptors (Lipinski definition) is 2. The lowest BCUT2D eigenvalue weighted by molar-refractivity contribution is 0.416. The summed E-state index contributed by atoms with van der Waals surface area (Å²) in [4.78, 5) is 0. The minimum absolute atomic E-state index is 0.0806. The Morgan fingerprint density at radius 1 is 1.60 bits per heavy atom. The van der Waals surface area contributed by atoms with E-state index in [1.165, 1.54) is 6.07 Å². The fourth-order valence-corrected chi connectivity index (χ4v) is 2.49. The van der Waals surface area contributed by atoms with Gasteiger partial charge in [-0.2, -0.15) is 0 Å². The molecular formula is C11H13BrFNO. The number of benzene rings is 1. The van der Waals surface area contributed by atoms with Gasteiger partial charge < -0.3 is 10.4 Å². The quantitative estimate of drug-likeness (QED) is 0.825. The molecule has 2 N–H and O–H groups in total. The van der Waals surface area contributed by atoms with E-state index in [1.807, 2.05) is 6.92 Å². The van der Waals surface area contributed by atoms with Gasteiger partial charge >= 0.3 is 0 Å². The van der Waals surface area contributed by atoms with E-state index in [1.54, 1.807) is 0 Å². The Kier molecular flexibility index (Phi) is 2.98. The van der Waals surface area contributed by atoms with Gasteiger partial charge in [0.15, 0.2) is 11.6 Å². The van der Waals surface area contributed by atoms with E-state index >= 15 is 0 Å². The molecule has 1 fully saturated rings. The van der Waals surface area contributed by atoms with Gasteiger partial charge in [0.05, 0.1) is 0 Å². The van der Waals surface area contributed by atoms with E-state index in [-0.39, 0.29) is 11.8 Å². The molecule has 0 amide bonds. The van der Waals surface area contributed by atoms with Crippen molar-refractivity contribution < 1.29 is 9.50 Å². The Labute approximate surface area is 96.6 Å². The summed E-state index contributed by atoms with van der Waals surface area (Å²) in [6, 6.07) is 1.39. The van der Waals surface area contributed by atoms with Crippen molar-refractivity contribution in [3.05, 3.63) is 27.5 Å². The largest absolute Gasteiger partial charge is 0.505 e. The van der Waals surface area contributed by atoms with Crippen LogP contribution in [0.2, 0.25) is 0 Å². The van der Waals surface area contributed by atoms with E-state index in [2.05, 4.69) is 21.2 Å². The standard InChI is InChI=1S/C11H13BrFNO/c1-6-7(12)5-8(13)11(15)10(6)9-3-2-4-14-9/h5,9,14-15H,2-4H2,1H3. The van der Waals surface area contributed by atoms with Gasteiger partial charge in [-0.15, -0.1) is 0 Å². The van der Waals surface area contributed by atoms with Crippen LogP contribution >= 0.6 is 15.9 Å². The third-order valence-corrected chi connectivity index (χ3v) is 3.73. The topological polar surface area (TPSA) is 32.3 Å². The second-order valence-electron chi connectivity index (χ2n) is 3.88. The highest BCUT2D eigenvalue weighted by molar-refractivity contribution is 9.10. The lowest BCUT2D eigenvalue weighted by Crippen LogP contribution is -2.14. The lowest BCUT2D eigenvalue weighted by atomic mass is 9.98. The van der Waals surface area contributed by atoms with E-state index in [9.17, 15) is 9.50 Å². The van der Waals surface area contributed by atoms with E-state index in [0.717, 1.165) is 24.9 Å². The van der Waals surface area contributed by atoms with Crippen molar-refractivity contribution in [3.8, 4) is 5.75 Å². The molecular weight excluding hydrogens is 261 g/mol. The lowest BCUT2D eigenvalue weighted by Gasteiger charge is -2.17. The van der Waals surface area contributed by atoms with Crippen molar-refractivity contribution in [3.63, 3.8) is 0 Å². The van der Waals surface area contributed by atoms with Crippen molar-refractivity contribution in [1.82, 2.24) is 5.32 Å². The summed E-state index contributed by atoms with van der Waals surface area (Å²) in [5.74, 6) is -0.772. The smallest absolute Gasteiger partial charge is 0.166 e. The third kappa shape index (κ3) is 1.88. The zero-order chi connectivity index (χ0) is 11.0. The molecule has 0 aliphatic carbocycles. The summed E-state index contributed by atoms with van der Waals surface area (Å²) >= 11 is 3.30.